The number of fused-ring (bicyclic) bond motifs is 3. The molecule has 1 atom stereocenters. The van der Waals surface area contributed by atoms with Gasteiger partial charge in [0.2, 0.25) is 0 Å². The van der Waals surface area contributed by atoms with Crippen LogP contribution in [-0.2, 0) is 0 Å². The van der Waals surface area contributed by atoms with Crippen LogP contribution in [0.5, 0.6) is 5.75 Å². The van der Waals surface area contributed by atoms with E-state index in [-0.39, 0.29) is 24.3 Å². The third-order valence-electron chi connectivity index (χ3n) is 3.68. The van der Waals surface area contributed by atoms with Crippen LogP contribution in [0.1, 0.15) is 12.8 Å². The standard InChI is InChI=1S/C13H16FNO.ClH/c14-11-2-1-3-12(8-11)16-13-9-15-6-4-10(13)5-7-15;/h1-3,8,10,13H,4-7,9H2;1H. The number of benzene rings is 1. The molecule has 0 aliphatic carbocycles. The highest BCUT2D eigenvalue weighted by Gasteiger charge is 2.35. The quantitative estimate of drug-likeness (QED) is 0.808. The molecule has 0 radical (unpaired) electrons. The second kappa shape index (κ2) is 5.23. The van der Waals surface area contributed by atoms with E-state index in [1.165, 1.54) is 38.1 Å². The average molecular weight is 258 g/mol. The van der Waals surface area contributed by atoms with Gasteiger partial charge in [-0.15, -0.1) is 12.4 Å². The number of nitrogens with zero attached hydrogens (tertiary/aromatic N) is 1. The van der Waals surface area contributed by atoms with Crippen molar-refractivity contribution in [3.63, 3.8) is 0 Å². The SMILES string of the molecule is Cl.Fc1cccc(OC2CN3CCC2CC3)c1. The second-order valence-corrected chi connectivity index (χ2v) is 4.75. The van der Waals surface area contributed by atoms with Gasteiger partial charge in [0.15, 0.2) is 0 Å². The fourth-order valence-corrected chi connectivity index (χ4v) is 2.76. The molecule has 1 aromatic carbocycles. The van der Waals surface area contributed by atoms with Crippen LogP contribution in [0.3, 0.4) is 0 Å². The fraction of sp³-hybridized carbons (Fsp3) is 0.538. The minimum absolute atomic E-state index is 0. The Hall–Kier alpha value is -0.800. The summed E-state index contributed by atoms with van der Waals surface area (Å²) in [5.74, 6) is 1.10. The maximum atomic E-state index is 13.0. The van der Waals surface area contributed by atoms with E-state index in [1.54, 1.807) is 6.07 Å². The lowest BCUT2D eigenvalue weighted by Crippen LogP contribution is -2.52. The first-order valence-electron chi connectivity index (χ1n) is 5.96. The first-order valence-corrected chi connectivity index (χ1v) is 5.96. The Morgan fingerprint density at radius 3 is 2.59 bits per heavy atom. The molecule has 0 amide bonds. The monoisotopic (exact) mass is 257 g/mol. The smallest absolute Gasteiger partial charge is 0.126 e. The summed E-state index contributed by atoms with van der Waals surface area (Å²) in [6.45, 7) is 3.41. The van der Waals surface area contributed by atoms with Gasteiger partial charge in [-0.25, -0.2) is 4.39 Å². The largest absolute Gasteiger partial charge is 0.489 e. The molecule has 4 rings (SSSR count). The van der Waals surface area contributed by atoms with Crippen molar-refractivity contribution in [1.29, 1.82) is 0 Å². The third kappa shape index (κ3) is 2.72. The fourth-order valence-electron chi connectivity index (χ4n) is 2.76. The highest BCUT2D eigenvalue weighted by Crippen LogP contribution is 2.30. The number of piperidine rings is 3. The molecule has 0 aromatic heterocycles. The maximum absolute atomic E-state index is 13.0. The maximum Gasteiger partial charge on any atom is 0.126 e. The van der Waals surface area contributed by atoms with Gasteiger partial charge >= 0.3 is 0 Å². The molecule has 3 saturated heterocycles. The Morgan fingerprint density at radius 1 is 1.24 bits per heavy atom. The van der Waals surface area contributed by atoms with E-state index in [0.29, 0.717) is 11.7 Å². The third-order valence-corrected chi connectivity index (χ3v) is 3.68. The molecule has 0 N–H and O–H groups in total. The molecule has 2 nitrogen and oxygen atoms in total. The van der Waals surface area contributed by atoms with E-state index < -0.39 is 0 Å². The number of hydrogen-bond donors (Lipinski definition) is 0. The van der Waals surface area contributed by atoms with Crippen LogP contribution >= 0.6 is 12.4 Å². The Bertz CT molecular complexity index is 379. The van der Waals surface area contributed by atoms with E-state index in [0.717, 1.165) is 6.54 Å². The minimum atomic E-state index is -0.223. The molecule has 0 saturated carbocycles. The molecule has 0 spiro atoms. The normalized spacial score (nSPS) is 30.8. The van der Waals surface area contributed by atoms with Crippen LogP contribution in [-0.4, -0.2) is 30.6 Å². The number of hydrogen-bond acceptors (Lipinski definition) is 2. The molecule has 3 aliphatic heterocycles. The van der Waals surface area contributed by atoms with E-state index in [4.69, 9.17) is 4.74 Å². The highest BCUT2D eigenvalue weighted by atomic mass is 35.5. The van der Waals surface area contributed by atoms with Gasteiger partial charge in [0.25, 0.3) is 0 Å². The number of rotatable bonds is 2. The molecular formula is C13H17ClFNO. The van der Waals surface area contributed by atoms with E-state index in [1.807, 2.05) is 6.07 Å². The topological polar surface area (TPSA) is 12.5 Å². The lowest BCUT2D eigenvalue weighted by atomic mass is 9.86. The van der Waals surface area contributed by atoms with Crippen molar-refractivity contribution in [3.05, 3.63) is 30.1 Å². The second-order valence-electron chi connectivity index (χ2n) is 4.75. The first kappa shape index (κ1) is 12.7. The van der Waals surface area contributed by atoms with Gasteiger partial charge in [-0.3, -0.25) is 4.90 Å². The first-order chi connectivity index (χ1) is 7.81. The number of halogens is 2. The molecule has 94 valence electrons. The van der Waals surface area contributed by atoms with Crippen molar-refractivity contribution in [2.24, 2.45) is 5.92 Å². The Morgan fingerprint density at radius 2 is 2.00 bits per heavy atom. The van der Waals surface area contributed by atoms with E-state index in [2.05, 4.69) is 4.90 Å². The lowest BCUT2D eigenvalue weighted by Gasteiger charge is -2.44. The Balaban J connectivity index is 0.00000108. The summed E-state index contributed by atoms with van der Waals surface area (Å²) >= 11 is 0. The van der Waals surface area contributed by atoms with Gasteiger partial charge in [-0.05, 0) is 44.0 Å². The van der Waals surface area contributed by atoms with Crippen LogP contribution in [0, 0.1) is 11.7 Å². The molecule has 3 heterocycles. The summed E-state index contributed by atoms with van der Waals surface area (Å²) in [4.78, 5) is 2.43. The van der Waals surface area contributed by atoms with Crippen LogP contribution in [0.2, 0.25) is 0 Å². The zero-order chi connectivity index (χ0) is 11.0. The van der Waals surface area contributed by atoms with Gasteiger partial charge in [-0.2, -0.15) is 0 Å². The van der Waals surface area contributed by atoms with Crippen molar-refractivity contribution in [1.82, 2.24) is 4.90 Å². The molecule has 3 fully saturated rings. The molecule has 17 heavy (non-hydrogen) atoms. The molecule has 4 heteroatoms. The van der Waals surface area contributed by atoms with Crippen LogP contribution in [0.4, 0.5) is 4.39 Å². The summed E-state index contributed by atoms with van der Waals surface area (Å²) in [5, 5.41) is 0. The van der Waals surface area contributed by atoms with Gasteiger partial charge in [0.1, 0.15) is 17.7 Å². The van der Waals surface area contributed by atoms with Crippen LogP contribution in [0.15, 0.2) is 24.3 Å². The van der Waals surface area contributed by atoms with Gasteiger partial charge in [0, 0.05) is 12.6 Å². The van der Waals surface area contributed by atoms with Gasteiger partial charge < -0.3 is 4.74 Å². The van der Waals surface area contributed by atoms with Crippen molar-refractivity contribution in [3.8, 4) is 5.75 Å². The Labute approximate surface area is 107 Å². The van der Waals surface area contributed by atoms with Crippen molar-refractivity contribution in [2.75, 3.05) is 19.6 Å². The molecule has 2 bridgehead atoms. The summed E-state index contributed by atoms with van der Waals surface area (Å²) in [7, 11) is 0. The minimum Gasteiger partial charge on any atom is -0.489 e. The zero-order valence-electron chi connectivity index (χ0n) is 9.64. The van der Waals surface area contributed by atoms with Gasteiger partial charge in [0.05, 0.1) is 0 Å². The van der Waals surface area contributed by atoms with Crippen molar-refractivity contribution < 1.29 is 9.13 Å². The summed E-state index contributed by atoms with van der Waals surface area (Å²) in [5.41, 5.74) is 0. The Kier molecular flexibility index (Phi) is 3.89. The average Bonchev–Trinajstić information content (AvgIpc) is 2.30. The predicted octanol–water partition coefficient (Wildman–Crippen LogP) is 2.72. The molecule has 1 unspecified atom stereocenters. The van der Waals surface area contributed by atoms with E-state index >= 15 is 0 Å². The predicted molar refractivity (Wildman–Crippen MR) is 67.2 cm³/mol. The van der Waals surface area contributed by atoms with Crippen molar-refractivity contribution >= 4 is 12.4 Å². The van der Waals surface area contributed by atoms with E-state index in [9.17, 15) is 4.39 Å². The zero-order valence-corrected chi connectivity index (χ0v) is 10.5. The highest BCUT2D eigenvalue weighted by molar-refractivity contribution is 5.85. The summed E-state index contributed by atoms with van der Waals surface area (Å²) in [6, 6.07) is 6.45. The van der Waals surface area contributed by atoms with Gasteiger partial charge in [-0.1, -0.05) is 6.07 Å². The lowest BCUT2D eigenvalue weighted by molar-refractivity contribution is -0.00788. The molecular weight excluding hydrogens is 241 g/mol. The summed E-state index contributed by atoms with van der Waals surface area (Å²) in [6.07, 6.45) is 2.70. The molecule has 3 aliphatic rings. The van der Waals surface area contributed by atoms with Crippen LogP contribution < -0.4 is 4.74 Å². The number of ether oxygens (including phenoxy) is 1. The van der Waals surface area contributed by atoms with Crippen molar-refractivity contribution in [2.45, 2.75) is 18.9 Å². The molecule has 1 aromatic rings. The summed E-state index contributed by atoms with van der Waals surface area (Å²) < 4.78 is 18.9. The van der Waals surface area contributed by atoms with Crippen LogP contribution in [0.25, 0.3) is 0 Å².